The predicted octanol–water partition coefficient (Wildman–Crippen LogP) is 4.23. The molecule has 1 amide bonds. The summed E-state index contributed by atoms with van der Waals surface area (Å²) in [6.07, 6.45) is 0. The summed E-state index contributed by atoms with van der Waals surface area (Å²) >= 11 is 10.3. The molecular formula is C14H11Br3N2O2. The SMILES string of the molecule is NC(=O)c1ccc(COc2c(Br)cc(Br)cc2Br)c(N)c1. The second kappa shape index (κ2) is 6.81. The highest BCUT2D eigenvalue weighted by Gasteiger charge is 2.10. The zero-order valence-electron chi connectivity index (χ0n) is 10.7. The Balaban J connectivity index is 2.19. The molecule has 4 N–H and O–H groups in total. The van der Waals surface area contributed by atoms with E-state index in [1.54, 1.807) is 18.2 Å². The number of hydrogen-bond acceptors (Lipinski definition) is 3. The van der Waals surface area contributed by atoms with Gasteiger partial charge in [-0.15, -0.1) is 0 Å². The highest BCUT2D eigenvalue weighted by atomic mass is 79.9. The molecule has 4 nitrogen and oxygen atoms in total. The van der Waals surface area contributed by atoms with Gasteiger partial charge in [0, 0.05) is 21.3 Å². The maximum absolute atomic E-state index is 11.1. The molecular weight excluding hydrogens is 468 g/mol. The zero-order chi connectivity index (χ0) is 15.6. The first-order valence-electron chi connectivity index (χ1n) is 5.84. The van der Waals surface area contributed by atoms with E-state index >= 15 is 0 Å². The molecule has 0 saturated heterocycles. The summed E-state index contributed by atoms with van der Waals surface area (Å²) in [7, 11) is 0. The summed E-state index contributed by atoms with van der Waals surface area (Å²) in [5.74, 6) is 0.171. The number of benzene rings is 2. The Morgan fingerprint density at radius 2 is 1.71 bits per heavy atom. The monoisotopic (exact) mass is 476 g/mol. The van der Waals surface area contributed by atoms with E-state index in [-0.39, 0.29) is 6.61 Å². The van der Waals surface area contributed by atoms with Gasteiger partial charge in [0.15, 0.2) is 0 Å². The molecule has 2 aromatic rings. The number of hydrogen-bond donors (Lipinski definition) is 2. The van der Waals surface area contributed by atoms with Crippen molar-refractivity contribution in [1.82, 2.24) is 0 Å². The second-order valence-corrected chi connectivity index (χ2v) is 6.89. The number of amides is 1. The third kappa shape index (κ3) is 3.99. The van der Waals surface area contributed by atoms with Gasteiger partial charge in [-0.2, -0.15) is 0 Å². The predicted molar refractivity (Wildman–Crippen MR) is 93.2 cm³/mol. The highest BCUT2D eigenvalue weighted by molar-refractivity contribution is 9.11. The van der Waals surface area contributed by atoms with Crippen LogP contribution in [0.4, 0.5) is 5.69 Å². The van der Waals surface area contributed by atoms with Crippen LogP contribution in [0.25, 0.3) is 0 Å². The molecule has 2 aromatic carbocycles. The van der Waals surface area contributed by atoms with E-state index in [1.807, 2.05) is 12.1 Å². The van der Waals surface area contributed by atoms with Crippen LogP contribution in [-0.4, -0.2) is 5.91 Å². The number of carbonyl (C=O) groups excluding carboxylic acids is 1. The minimum atomic E-state index is -0.507. The van der Waals surface area contributed by atoms with Crippen LogP contribution in [0.3, 0.4) is 0 Å². The lowest BCUT2D eigenvalue weighted by Crippen LogP contribution is -2.12. The minimum absolute atomic E-state index is 0.281. The number of rotatable bonds is 4. The number of halogens is 3. The van der Waals surface area contributed by atoms with Crippen molar-refractivity contribution < 1.29 is 9.53 Å². The first-order valence-corrected chi connectivity index (χ1v) is 8.22. The fraction of sp³-hybridized carbons (Fsp3) is 0.0714. The number of carbonyl (C=O) groups is 1. The average molecular weight is 479 g/mol. The molecule has 2 rings (SSSR count). The number of nitrogens with two attached hydrogens (primary N) is 2. The Morgan fingerprint density at radius 3 is 2.24 bits per heavy atom. The molecule has 0 heterocycles. The quantitative estimate of drug-likeness (QED) is 0.645. The Labute approximate surface area is 147 Å². The van der Waals surface area contributed by atoms with Crippen molar-refractivity contribution in [2.45, 2.75) is 6.61 Å². The van der Waals surface area contributed by atoms with E-state index in [1.165, 1.54) is 0 Å². The average Bonchev–Trinajstić information content (AvgIpc) is 2.38. The van der Waals surface area contributed by atoms with E-state index in [9.17, 15) is 4.79 Å². The van der Waals surface area contributed by atoms with Crippen LogP contribution in [-0.2, 0) is 6.61 Å². The molecule has 0 aliphatic rings. The van der Waals surface area contributed by atoms with Crippen molar-refractivity contribution in [2.75, 3.05) is 5.73 Å². The summed E-state index contributed by atoms with van der Waals surface area (Å²) in [5, 5.41) is 0. The van der Waals surface area contributed by atoms with Crippen LogP contribution in [0.15, 0.2) is 43.7 Å². The Bertz CT molecular complexity index is 682. The maximum atomic E-state index is 11.1. The van der Waals surface area contributed by atoms with Crippen LogP contribution in [0, 0.1) is 0 Å². The second-order valence-electron chi connectivity index (χ2n) is 4.27. The van der Waals surface area contributed by atoms with E-state index in [0.717, 1.165) is 19.0 Å². The summed E-state index contributed by atoms with van der Waals surface area (Å²) < 4.78 is 8.34. The fourth-order valence-corrected chi connectivity index (χ4v) is 4.18. The van der Waals surface area contributed by atoms with Crippen molar-refractivity contribution >= 4 is 59.4 Å². The summed E-state index contributed by atoms with van der Waals surface area (Å²) in [4.78, 5) is 11.1. The van der Waals surface area contributed by atoms with Gasteiger partial charge in [0.25, 0.3) is 0 Å². The normalized spacial score (nSPS) is 10.4. The molecule has 21 heavy (non-hydrogen) atoms. The van der Waals surface area contributed by atoms with Crippen molar-refractivity contribution in [2.24, 2.45) is 5.73 Å². The highest BCUT2D eigenvalue weighted by Crippen LogP contribution is 2.37. The molecule has 0 saturated carbocycles. The van der Waals surface area contributed by atoms with Gasteiger partial charge in [-0.25, -0.2) is 0 Å². The smallest absolute Gasteiger partial charge is 0.248 e. The fourth-order valence-electron chi connectivity index (χ4n) is 1.70. The third-order valence-corrected chi connectivity index (χ3v) is 4.40. The van der Waals surface area contributed by atoms with Crippen LogP contribution in [0.2, 0.25) is 0 Å². The number of anilines is 1. The molecule has 0 unspecified atom stereocenters. The van der Waals surface area contributed by atoms with E-state index < -0.39 is 5.91 Å². The summed E-state index contributed by atoms with van der Waals surface area (Å²) in [6, 6.07) is 8.69. The van der Waals surface area contributed by atoms with Gasteiger partial charge >= 0.3 is 0 Å². The molecule has 0 aliphatic carbocycles. The Hall–Kier alpha value is -1.05. The van der Waals surface area contributed by atoms with E-state index in [0.29, 0.717) is 17.0 Å². The number of ether oxygens (including phenoxy) is 1. The lowest BCUT2D eigenvalue weighted by molar-refractivity contribution is 0.100. The lowest BCUT2D eigenvalue weighted by atomic mass is 10.1. The largest absolute Gasteiger partial charge is 0.486 e. The van der Waals surface area contributed by atoms with Crippen LogP contribution in [0.1, 0.15) is 15.9 Å². The van der Waals surface area contributed by atoms with Crippen molar-refractivity contribution in [1.29, 1.82) is 0 Å². The minimum Gasteiger partial charge on any atom is -0.486 e. The molecule has 0 atom stereocenters. The third-order valence-electron chi connectivity index (χ3n) is 2.77. The first-order chi connectivity index (χ1) is 9.88. The van der Waals surface area contributed by atoms with Crippen LogP contribution in [0.5, 0.6) is 5.75 Å². The molecule has 0 aliphatic heterocycles. The summed E-state index contributed by atoms with van der Waals surface area (Å²) in [6.45, 7) is 0.281. The molecule has 110 valence electrons. The van der Waals surface area contributed by atoms with Crippen molar-refractivity contribution in [3.8, 4) is 5.75 Å². The van der Waals surface area contributed by atoms with Gasteiger partial charge in [-0.1, -0.05) is 22.0 Å². The maximum Gasteiger partial charge on any atom is 0.248 e. The van der Waals surface area contributed by atoms with Gasteiger partial charge in [0.1, 0.15) is 12.4 Å². The van der Waals surface area contributed by atoms with E-state index in [4.69, 9.17) is 16.2 Å². The van der Waals surface area contributed by atoms with Gasteiger partial charge in [0.05, 0.1) is 8.95 Å². The molecule has 0 aromatic heterocycles. The summed E-state index contributed by atoms with van der Waals surface area (Å²) in [5.41, 5.74) is 12.7. The van der Waals surface area contributed by atoms with Gasteiger partial charge in [-0.3, -0.25) is 4.79 Å². The molecule has 0 spiro atoms. The molecule has 7 heteroatoms. The first kappa shape index (κ1) is 16.3. The lowest BCUT2D eigenvalue weighted by Gasteiger charge is -2.12. The van der Waals surface area contributed by atoms with Gasteiger partial charge in [-0.05, 0) is 56.1 Å². The van der Waals surface area contributed by atoms with Crippen molar-refractivity contribution in [3.63, 3.8) is 0 Å². The van der Waals surface area contributed by atoms with Crippen LogP contribution >= 0.6 is 47.8 Å². The molecule has 0 bridgehead atoms. The Kier molecular flexibility index (Phi) is 5.29. The molecule has 0 fully saturated rings. The zero-order valence-corrected chi connectivity index (χ0v) is 15.5. The van der Waals surface area contributed by atoms with Crippen molar-refractivity contribution in [3.05, 3.63) is 54.9 Å². The Morgan fingerprint density at radius 1 is 1.10 bits per heavy atom. The van der Waals surface area contributed by atoms with Gasteiger partial charge in [0.2, 0.25) is 5.91 Å². The van der Waals surface area contributed by atoms with Crippen LogP contribution < -0.4 is 16.2 Å². The topological polar surface area (TPSA) is 78.3 Å². The van der Waals surface area contributed by atoms with E-state index in [2.05, 4.69) is 47.8 Å². The number of primary amides is 1. The number of nitrogen functional groups attached to an aromatic ring is 1. The van der Waals surface area contributed by atoms with Gasteiger partial charge < -0.3 is 16.2 Å². The standard InChI is InChI=1S/C14H11Br3N2O2/c15-9-4-10(16)13(11(17)5-9)21-6-8-2-1-7(14(19)20)3-12(8)18/h1-5H,6,18H2,(H2,19,20). The molecule has 0 radical (unpaired) electrons.